The van der Waals surface area contributed by atoms with Crippen LogP contribution < -0.4 is 0 Å². The Morgan fingerprint density at radius 2 is 1.48 bits per heavy atom. The second-order valence-electron chi connectivity index (χ2n) is 9.20. The maximum Gasteiger partial charge on any atom is 0.335 e. The molecule has 0 unspecified atom stereocenters. The number of aromatic nitrogens is 1. The van der Waals surface area contributed by atoms with Crippen molar-refractivity contribution in [3.05, 3.63) is 59.2 Å². The first-order valence-electron chi connectivity index (χ1n) is 9.58. The van der Waals surface area contributed by atoms with Crippen LogP contribution in [0.3, 0.4) is 0 Å². The van der Waals surface area contributed by atoms with E-state index in [1.807, 2.05) is 12.1 Å². The fourth-order valence-electron chi connectivity index (χ4n) is 4.46. The van der Waals surface area contributed by atoms with Crippen LogP contribution in [0.1, 0.15) is 62.0 Å². The summed E-state index contributed by atoms with van der Waals surface area (Å²) in [5, 5.41) is 10.4. The molecule has 0 spiro atoms. The Morgan fingerprint density at radius 1 is 0.926 bits per heavy atom. The lowest BCUT2D eigenvalue weighted by molar-refractivity contribution is 0.0697. The van der Waals surface area contributed by atoms with Crippen molar-refractivity contribution in [2.75, 3.05) is 0 Å². The molecule has 0 radical (unpaired) electrons. The monoisotopic (exact) mass is 361 g/mol. The van der Waals surface area contributed by atoms with Crippen LogP contribution in [-0.4, -0.2) is 15.6 Å². The van der Waals surface area contributed by atoms with E-state index in [9.17, 15) is 4.79 Å². The molecule has 140 valence electrons. The Balaban J connectivity index is 1.91. The molecule has 0 fully saturated rings. The van der Waals surface area contributed by atoms with Crippen LogP contribution in [0.25, 0.3) is 22.2 Å². The zero-order valence-corrected chi connectivity index (χ0v) is 16.8. The van der Waals surface area contributed by atoms with E-state index in [-0.39, 0.29) is 10.8 Å². The van der Waals surface area contributed by atoms with Gasteiger partial charge in [0.2, 0.25) is 0 Å². The summed E-state index contributed by atoms with van der Waals surface area (Å²) in [6.45, 7) is 9.39. The van der Waals surface area contributed by atoms with Gasteiger partial charge in [-0.3, -0.25) is 0 Å². The van der Waals surface area contributed by atoms with Crippen LogP contribution in [0.5, 0.6) is 0 Å². The van der Waals surface area contributed by atoms with E-state index in [0.29, 0.717) is 5.56 Å². The number of aromatic carboxylic acids is 1. The Hall–Kier alpha value is -2.55. The molecule has 1 aliphatic rings. The van der Waals surface area contributed by atoms with Gasteiger partial charge in [0.25, 0.3) is 0 Å². The molecule has 1 N–H and O–H groups in total. The van der Waals surface area contributed by atoms with Gasteiger partial charge in [-0.1, -0.05) is 39.8 Å². The number of benzene rings is 2. The number of aryl methyl sites for hydroxylation is 1. The fourth-order valence-corrected chi connectivity index (χ4v) is 4.46. The zero-order chi connectivity index (χ0) is 19.6. The molecule has 3 nitrogen and oxygen atoms in total. The van der Waals surface area contributed by atoms with Crippen molar-refractivity contribution < 1.29 is 9.90 Å². The summed E-state index contributed by atoms with van der Waals surface area (Å²) >= 11 is 0. The maximum atomic E-state index is 11.1. The standard InChI is InChI=1S/C24H27NO2/c1-23(2)10-11-24(3,4)19-14-21-17(12-18(19)23)13-20(25(21)5)15-6-8-16(9-7-15)22(26)27/h6-9,12-14H,10-11H2,1-5H3,(H,26,27). The minimum atomic E-state index is -0.893. The van der Waals surface area contributed by atoms with E-state index < -0.39 is 5.97 Å². The maximum absolute atomic E-state index is 11.1. The summed E-state index contributed by atoms with van der Waals surface area (Å²) in [6, 6.07) is 14.1. The first-order chi connectivity index (χ1) is 12.6. The Kier molecular flexibility index (Phi) is 3.78. The number of fused-ring (bicyclic) bond motifs is 2. The van der Waals surface area contributed by atoms with Crippen molar-refractivity contribution in [3.8, 4) is 11.3 Å². The minimum absolute atomic E-state index is 0.187. The molecule has 0 amide bonds. The third-order valence-electron chi connectivity index (χ3n) is 6.44. The first kappa shape index (κ1) is 17.8. The SMILES string of the molecule is Cn1c(-c2ccc(C(=O)O)cc2)cc2cc3c(cc21)C(C)(C)CCC3(C)C. The topological polar surface area (TPSA) is 42.2 Å². The first-order valence-corrected chi connectivity index (χ1v) is 9.58. The molecule has 0 saturated heterocycles. The zero-order valence-electron chi connectivity index (χ0n) is 16.8. The average molecular weight is 361 g/mol. The lowest BCUT2D eigenvalue weighted by atomic mass is 9.63. The molecular weight excluding hydrogens is 334 g/mol. The van der Waals surface area contributed by atoms with Gasteiger partial charge in [-0.2, -0.15) is 0 Å². The van der Waals surface area contributed by atoms with Crippen molar-refractivity contribution in [2.24, 2.45) is 7.05 Å². The lowest BCUT2D eigenvalue weighted by Crippen LogP contribution is -2.33. The van der Waals surface area contributed by atoms with Crippen LogP contribution in [0.15, 0.2) is 42.5 Å². The van der Waals surface area contributed by atoms with E-state index in [0.717, 1.165) is 11.3 Å². The highest BCUT2D eigenvalue weighted by Crippen LogP contribution is 2.47. The van der Waals surface area contributed by atoms with E-state index in [1.165, 1.54) is 34.9 Å². The molecule has 2 aromatic carbocycles. The molecular formula is C24H27NO2. The summed E-state index contributed by atoms with van der Waals surface area (Å²) < 4.78 is 2.23. The second-order valence-corrected chi connectivity index (χ2v) is 9.20. The van der Waals surface area contributed by atoms with Gasteiger partial charge < -0.3 is 9.67 Å². The highest BCUT2D eigenvalue weighted by atomic mass is 16.4. The van der Waals surface area contributed by atoms with Crippen molar-refractivity contribution in [1.29, 1.82) is 0 Å². The largest absolute Gasteiger partial charge is 0.478 e. The van der Waals surface area contributed by atoms with Gasteiger partial charge in [0.1, 0.15) is 0 Å². The van der Waals surface area contributed by atoms with Crippen molar-refractivity contribution in [3.63, 3.8) is 0 Å². The normalized spacial score (nSPS) is 17.7. The number of carboxylic acid groups (broad SMARTS) is 1. The number of carboxylic acids is 1. The van der Waals surface area contributed by atoms with Gasteiger partial charge in [0, 0.05) is 23.6 Å². The Labute approximate surface area is 160 Å². The lowest BCUT2D eigenvalue weighted by Gasteiger charge is -2.42. The molecule has 3 aromatic rings. The van der Waals surface area contributed by atoms with Gasteiger partial charge in [-0.25, -0.2) is 4.79 Å². The number of rotatable bonds is 2. The van der Waals surface area contributed by atoms with Crippen molar-refractivity contribution in [1.82, 2.24) is 4.57 Å². The molecule has 0 bridgehead atoms. The van der Waals surface area contributed by atoms with Gasteiger partial charge in [-0.05, 0) is 70.7 Å². The van der Waals surface area contributed by atoms with Crippen molar-refractivity contribution in [2.45, 2.75) is 51.4 Å². The fraction of sp³-hybridized carbons (Fsp3) is 0.375. The molecule has 1 aliphatic carbocycles. The van der Waals surface area contributed by atoms with Gasteiger partial charge in [-0.15, -0.1) is 0 Å². The molecule has 1 heterocycles. The minimum Gasteiger partial charge on any atom is -0.478 e. The van der Waals surface area contributed by atoms with Crippen LogP contribution in [-0.2, 0) is 17.9 Å². The number of hydrogen-bond acceptors (Lipinski definition) is 1. The summed E-state index contributed by atoms with van der Waals surface area (Å²) in [7, 11) is 2.09. The van der Waals surface area contributed by atoms with Crippen LogP contribution in [0, 0.1) is 0 Å². The highest BCUT2D eigenvalue weighted by molar-refractivity contribution is 5.91. The predicted octanol–water partition coefficient (Wildman–Crippen LogP) is 5.89. The third-order valence-corrected chi connectivity index (χ3v) is 6.44. The van der Waals surface area contributed by atoms with E-state index >= 15 is 0 Å². The molecule has 0 aliphatic heterocycles. The van der Waals surface area contributed by atoms with Gasteiger partial charge in [0.05, 0.1) is 5.56 Å². The third kappa shape index (κ3) is 2.77. The number of carbonyl (C=O) groups is 1. The molecule has 0 saturated carbocycles. The summed E-state index contributed by atoms with van der Waals surface area (Å²) in [4.78, 5) is 11.1. The quantitative estimate of drug-likeness (QED) is 0.618. The van der Waals surface area contributed by atoms with Crippen LogP contribution in [0.2, 0.25) is 0 Å². The molecule has 27 heavy (non-hydrogen) atoms. The molecule has 4 rings (SSSR count). The van der Waals surface area contributed by atoms with E-state index in [1.54, 1.807) is 12.1 Å². The second kappa shape index (κ2) is 5.72. The predicted molar refractivity (Wildman–Crippen MR) is 111 cm³/mol. The summed E-state index contributed by atoms with van der Waals surface area (Å²) in [6.07, 6.45) is 2.40. The van der Waals surface area contributed by atoms with Gasteiger partial charge >= 0.3 is 5.97 Å². The highest BCUT2D eigenvalue weighted by Gasteiger charge is 2.37. The number of hydrogen-bond donors (Lipinski definition) is 1. The Morgan fingerprint density at radius 3 is 2.04 bits per heavy atom. The average Bonchev–Trinajstić information content (AvgIpc) is 2.94. The summed E-state index contributed by atoms with van der Waals surface area (Å²) in [5.74, 6) is -0.893. The summed E-state index contributed by atoms with van der Waals surface area (Å²) in [5.41, 5.74) is 7.00. The van der Waals surface area contributed by atoms with Crippen LogP contribution >= 0.6 is 0 Å². The van der Waals surface area contributed by atoms with Gasteiger partial charge in [0.15, 0.2) is 0 Å². The van der Waals surface area contributed by atoms with E-state index in [2.05, 4.69) is 57.5 Å². The smallest absolute Gasteiger partial charge is 0.335 e. The van der Waals surface area contributed by atoms with Crippen molar-refractivity contribution >= 4 is 16.9 Å². The Bertz CT molecular complexity index is 1050. The van der Waals surface area contributed by atoms with E-state index in [4.69, 9.17) is 5.11 Å². The molecule has 1 aromatic heterocycles. The number of nitrogens with zero attached hydrogens (tertiary/aromatic N) is 1. The molecule has 3 heteroatoms. The molecule has 0 atom stereocenters. The van der Waals surface area contributed by atoms with Crippen LogP contribution in [0.4, 0.5) is 0 Å².